The second kappa shape index (κ2) is 7.56. The van der Waals surface area contributed by atoms with Crippen molar-refractivity contribution in [1.29, 1.82) is 0 Å². The van der Waals surface area contributed by atoms with Crippen molar-refractivity contribution < 1.29 is 0 Å². The average molecular weight is 390 g/mol. The number of rotatable bonds is 4. The van der Waals surface area contributed by atoms with Gasteiger partial charge in [-0.25, -0.2) is 4.98 Å². The molecule has 0 amide bonds. The summed E-state index contributed by atoms with van der Waals surface area (Å²) in [5, 5.41) is 1.08. The zero-order chi connectivity index (χ0) is 20.5. The number of H-pyrrole nitrogens is 1. The second-order valence-corrected chi connectivity index (χ2v) is 7.48. The van der Waals surface area contributed by atoms with Gasteiger partial charge in [-0.05, 0) is 60.4 Å². The SMILES string of the molecule is CCc1cccc(-c2cncc(-c3cc(-c4cccc(C)n4)nc4[nH]ccc34)c2)c1. The maximum absolute atomic E-state index is 4.80. The molecule has 4 heterocycles. The number of nitrogens with zero attached hydrogens (tertiary/aromatic N) is 3. The number of benzene rings is 1. The normalized spacial score (nSPS) is 11.1. The Hall–Kier alpha value is -3.79. The van der Waals surface area contributed by atoms with Crippen LogP contribution >= 0.6 is 0 Å². The van der Waals surface area contributed by atoms with E-state index >= 15 is 0 Å². The van der Waals surface area contributed by atoms with Gasteiger partial charge >= 0.3 is 0 Å². The first kappa shape index (κ1) is 18.3. The highest BCUT2D eigenvalue weighted by Crippen LogP contribution is 2.33. The lowest BCUT2D eigenvalue weighted by atomic mass is 9.98. The standard InChI is InChI=1S/C26H22N4/c1-3-18-7-5-8-19(12-18)20-13-21(16-27-15-20)23-14-25(24-9-4-6-17(2)29-24)30-26-22(23)10-11-28-26/h4-16H,3H2,1-2H3,(H,28,30). The Kier molecular flexibility index (Phi) is 4.60. The predicted molar refractivity (Wildman–Crippen MR) is 122 cm³/mol. The van der Waals surface area contributed by atoms with Crippen molar-refractivity contribution in [1.82, 2.24) is 19.9 Å². The van der Waals surface area contributed by atoms with Crippen LogP contribution < -0.4 is 0 Å². The molecule has 0 saturated carbocycles. The maximum atomic E-state index is 4.80. The zero-order valence-corrected chi connectivity index (χ0v) is 17.1. The Bertz CT molecular complexity index is 1350. The first-order chi connectivity index (χ1) is 14.7. The van der Waals surface area contributed by atoms with Gasteiger partial charge in [0.15, 0.2) is 0 Å². The quantitative estimate of drug-likeness (QED) is 0.396. The summed E-state index contributed by atoms with van der Waals surface area (Å²) in [4.78, 5) is 17.3. The number of pyridine rings is 3. The molecule has 0 radical (unpaired) electrons. The van der Waals surface area contributed by atoms with Gasteiger partial charge in [0.25, 0.3) is 0 Å². The van der Waals surface area contributed by atoms with Crippen molar-refractivity contribution in [2.75, 3.05) is 0 Å². The third-order valence-corrected chi connectivity index (χ3v) is 5.40. The Morgan fingerprint density at radius 2 is 1.67 bits per heavy atom. The van der Waals surface area contributed by atoms with E-state index in [9.17, 15) is 0 Å². The number of aromatic amines is 1. The maximum Gasteiger partial charge on any atom is 0.138 e. The average Bonchev–Trinajstić information content (AvgIpc) is 3.27. The molecule has 0 spiro atoms. The van der Waals surface area contributed by atoms with Gasteiger partial charge in [-0.2, -0.15) is 0 Å². The number of fused-ring (bicyclic) bond motifs is 1. The highest BCUT2D eigenvalue weighted by molar-refractivity contribution is 5.95. The third-order valence-electron chi connectivity index (χ3n) is 5.40. The summed E-state index contributed by atoms with van der Waals surface area (Å²) in [5.74, 6) is 0. The molecule has 0 fully saturated rings. The van der Waals surface area contributed by atoms with Crippen molar-refractivity contribution >= 4 is 11.0 Å². The largest absolute Gasteiger partial charge is 0.346 e. The molecule has 5 rings (SSSR count). The molecule has 0 atom stereocenters. The van der Waals surface area contributed by atoms with E-state index in [1.54, 1.807) is 0 Å². The van der Waals surface area contributed by atoms with Crippen LogP contribution in [0.5, 0.6) is 0 Å². The Morgan fingerprint density at radius 3 is 2.53 bits per heavy atom. The van der Waals surface area contributed by atoms with Crippen molar-refractivity contribution in [3.63, 3.8) is 0 Å². The summed E-state index contributed by atoms with van der Waals surface area (Å²) in [6.45, 7) is 4.17. The van der Waals surface area contributed by atoms with Gasteiger partial charge in [0.2, 0.25) is 0 Å². The fourth-order valence-corrected chi connectivity index (χ4v) is 3.81. The van der Waals surface area contributed by atoms with E-state index in [-0.39, 0.29) is 0 Å². The Labute approximate surface area is 175 Å². The van der Waals surface area contributed by atoms with E-state index < -0.39 is 0 Å². The summed E-state index contributed by atoms with van der Waals surface area (Å²) in [6.07, 6.45) is 6.79. The molecule has 0 saturated heterocycles. The molecule has 146 valence electrons. The molecule has 4 nitrogen and oxygen atoms in total. The first-order valence-corrected chi connectivity index (χ1v) is 10.2. The monoisotopic (exact) mass is 390 g/mol. The number of nitrogens with one attached hydrogen (secondary N) is 1. The van der Waals surface area contributed by atoms with Gasteiger partial charge < -0.3 is 4.98 Å². The summed E-state index contributed by atoms with van der Waals surface area (Å²) in [7, 11) is 0. The van der Waals surface area contributed by atoms with Crippen LogP contribution in [0.3, 0.4) is 0 Å². The lowest BCUT2D eigenvalue weighted by Gasteiger charge is -2.10. The molecule has 0 aliphatic rings. The van der Waals surface area contributed by atoms with Crippen LogP contribution in [-0.2, 0) is 6.42 Å². The molecule has 0 bridgehead atoms. The number of aromatic nitrogens is 4. The molecule has 30 heavy (non-hydrogen) atoms. The number of hydrogen-bond acceptors (Lipinski definition) is 3. The topological polar surface area (TPSA) is 54.5 Å². The molecular weight excluding hydrogens is 368 g/mol. The minimum Gasteiger partial charge on any atom is -0.346 e. The van der Waals surface area contributed by atoms with Crippen LogP contribution in [0.1, 0.15) is 18.2 Å². The number of aryl methyl sites for hydroxylation is 2. The van der Waals surface area contributed by atoms with E-state index in [0.717, 1.165) is 51.2 Å². The van der Waals surface area contributed by atoms with Crippen LogP contribution in [0, 0.1) is 6.92 Å². The Morgan fingerprint density at radius 1 is 0.800 bits per heavy atom. The highest BCUT2D eigenvalue weighted by atomic mass is 14.9. The fourth-order valence-electron chi connectivity index (χ4n) is 3.81. The van der Waals surface area contributed by atoms with Crippen molar-refractivity contribution in [2.45, 2.75) is 20.3 Å². The van der Waals surface area contributed by atoms with Gasteiger partial charge in [0, 0.05) is 40.8 Å². The highest BCUT2D eigenvalue weighted by Gasteiger charge is 2.12. The van der Waals surface area contributed by atoms with Gasteiger partial charge in [0.05, 0.1) is 11.4 Å². The molecule has 0 unspecified atom stereocenters. The second-order valence-electron chi connectivity index (χ2n) is 7.48. The van der Waals surface area contributed by atoms with E-state index in [1.165, 1.54) is 11.1 Å². The lowest BCUT2D eigenvalue weighted by Crippen LogP contribution is -1.93. The van der Waals surface area contributed by atoms with Crippen LogP contribution in [0.15, 0.2) is 79.3 Å². The summed E-state index contributed by atoms with van der Waals surface area (Å²) in [5.41, 5.74) is 9.32. The van der Waals surface area contributed by atoms with E-state index in [2.05, 4.69) is 64.3 Å². The minimum absolute atomic E-state index is 0.849. The Balaban J connectivity index is 1.67. The van der Waals surface area contributed by atoms with E-state index in [1.807, 2.05) is 43.7 Å². The van der Waals surface area contributed by atoms with Crippen molar-refractivity contribution in [3.05, 3.63) is 90.5 Å². The molecule has 1 N–H and O–H groups in total. The molecule has 4 heteroatoms. The molecule has 5 aromatic rings. The van der Waals surface area contributed by atoms with Crippen molar-refractivity contribution in [3.8, 4) is 33.6 Å². The summed E-state index contributed by atoms with van der Waals surface area (Å²) >= 11 is 0. The lowest BCUT2D eigenvalue weighted by molar-refractivity contribution is 1.14. The molecule has 0 aliphatic heterocycles. The predicted octanol–water partition coefficient (Wildman–Crippen LogP) is 6.22. The minimum atomic E-state index is 0.849. The first-order valence-electron chi connectivity index (χ1n) is 10.2. The van der Waals surface area contributed by atoms with Gasteiger partial charge in [0.1, 0.15) is 5.65 Å². The summed E-state index contributed by atoms with van der Waals surface area (Å²) in [6, 6.07) is 21.0. The van der Waals surface area contributed by atoms with Gasteiger partial charge in [-0.1, -0.05) is 37.3 Å². The number of hydrogen-bond donors (Lipinski definition) is 1. The van der Waals surface area contributed by atoms with Gasteiger partial charge in [-0.3, -0.25) is 9.97 Å². The van der Waals surface area contributed by atoms with Crippen molar-refractivity contribution in [2.24, 2.45) is 0 Å². The fraction of sp³-hybridized carbons (Fsp3) is 0.115. The van der Waals surface area contributed by atoms with Crippen LogP contribution in [0.4, 0.5) is 0 Å². The smallest absolute Gasteiger partial charge is 0.138 e. The molecule has 0 aliphatic carbocycles. The van der Waals surface area contributed by atoms with E-state index in [4.69, 9.17) is 4.98 Å². The molecule has 1 aromatic carbocycles. The zero-order valence-electron chi connectivity index (χ0n) is 17.1. The molecular formula is C26H22N4. The third kappa shape index (κ3) is 3.37. The van der Waals surface area contributed by atoms with Crippen LogP contribution in [-0.4, -0.2) is 19.9 Å². The van der Waals surface area contributed by atoms with Crippen LogP contribution in [0.2, 0.25) is 0 Å². The van der Waals surface area contributed by atoms with E-state index in [0.29, 0.717) is 0 Å². The van der Waals surface area contributed by atoms with Crippen LogP contribution in [0.25, 0.3) is 44.7 Å². The molecule has 4 aromatic heterocycles. The summed E-state index contributed by atoms with van der Waals surface area (Å²) < 4.78 is 0. The van der Waals surface area contributed by atoms with Gasteiger partial charge in [-0.15, -0.1) is 0 Å².